The van der Waals surface area contributed by atoms with Crippen molar-refractivity contribution in [1.82, 2.24) is 10.6 Å². The number of carbonyl (C=O) groups is 2. The lowest BCUT2D eigenvalue weighted by Crippen LogP contribution is -2.47. The summed E-state index contributed by atoms with van der Waals surface area (Å²) in [6, 6.07) is -0.916. The molecular weight excluding hydrogens is 172 g/mol. The monoisotopic (exact) mass is 188 g/mol. The van der Waals surface area contributed by atoms with E-state index in [0.29, 0.717) is 0 Å². The Labute approximate surface area is 77.8 Å². The molecule has 0 fully saturated rings. The van der Waals surface area contributed by atoms with E-state index in [1.54, 1.807) is 20.9 Å². The van der Waals surface area contributed by atoms with Gasteiger partial charge in [-0.25, -0.2) is 4.79 Å². The van der Waals surface area contributed by atoms with E-state index in [1.807, 2.05) is 0 Å². The standard InChI is InChI=1S/C8H16N2O3/c1-5(9-3)7(11)10-6(2)8(12)13-4/h5-6,9H,1-4H3,(H,10,11)/t5?,6-/m0/s1. The van der Waals surface area contributed by atoms with Crippen LogP contribution in [0.1, 0.15) is 13.8 Å². The van der Waals surface area contributed by atoms with Gasteiger partial charge in [0.2, 0.25) is 5.91 Å². The van der Waals surface area contributed by atoms with Crippen molar-refractivity contribution in [1.29, 1.82) is 0 Å². The first kappa shape index (κ1) is 11.9. The molecule has 76 valence electrons. The second-order valence-corrected chi connectivity index (χ2v) is 2.76. The SMILES string of the molecule is CNC(C)C(=O)N[C@@H](C)C(=O)OC. The fourth-order valence-corrected chi connectivity index (χ4v) is 0.705. The molecule has 1 unspecified atom stereocenters. The number of amides is 1. The third kappa shape index (κ3) is 3.89. The highest BCUT2D eigenvalue weighted by Gasteiger charge is 2.18. The molecule has 0 saturated heterocycles. The van der Waals surface area contributed by atoms with Gasteiger partial charge in [-0.15, -0.1) is 0 Å². The smallest absolute Gasteiger partial charge is 0.328 e. The quantitative estimate of drug-likeness (QED) is 0.571. The zero-order valence-electron chi connectivity index (χ0n) is 8.38. The summed E-state index contributed by atoms with van der Waals surface area (Å²) in [7, 11) is 2.96. The maximum absolute atomic E-state index is 11.2. The largest absolute Gasteiger partial charge is 0.467 e. The van der Waals surface area contributed by atoms with Crippen LogP contribution in [0.4, 0.5) is 0 Å². The summed E-state index contributed by atoms with van der Waals surface area (Å²) in [6.07, 6.45) is 0. The fourth-order valence-electron chi connectivity index (χ4n) is 0.705. The van der Waals surface area contributed by atoms with Crippen LogP contribution in [0, 0.1) is 0 Å². The Balaban J connectivity index is 3.98. The Morgan fingerprint density at radius 3 is 2.15 bits per heavy atom. The molecule has 13 heavy (non-hydrogen) atoms. The van der Waals surface area contributed by atoms with Gasteiger partial charge in [0.1, 0.15) is 6.04 Å². The molecule has 5 heteroatoms. The molecule has 0 heterocycles. The molecule has 2 N–H and O–H groups in total. The number of hydrogen-bond acceptors (Lipinski definition) is 4. The second-order valence-electron chi connectivity index (χ2n) is 2.76. The molecule has 1 amide bonds. The zero-order valence-corrected chi connectivity index (χ0v) is 8.38. The highest BCUT2D eigenvalue weighted by Crippen LogP contribution is 1.88. The minimum Gasteiger partial charge on any atom is -0.467 e. The molecule has 0 aromatic rings. The minimum atomic E-state index is -0.603. The van der Waals surface area contributed by atoms with Crippen molar-refractivity contribution in [3.8, 4) is 0 Å². The van der Waals surface area contributed by atoms with E-state index >= 15 is 0 Å². The second kappa shape index (κ2) is 5.53. The van der Waals surface area contributed by atoms with E-state index in [0.717, 1.165) is 0 Å². The van der Waals surface area contributed by atoms with E-state index in [9.17, 15) is 9.59 Å². The third-order valence-corrected chi connectivity index (χ3v) is 1.74. The number of rotatable bonds is 4. The Bertz CT molecular complexity index is 194. The van der Waals surface area contributed by atoms with Gasteiger partial charge in [-0.3, -0.25) is 4.79 Å². The number of methoxy groups -OCH3 is 1. The Kier molecular flexibility index (Phi) is 5.06. The van der Waals surface area contributed by atoms with Crippen molar-refractivity contribution in [2.24, 2.45) is 0 Å². The molecule has 0 spiro atoms. The van der Waals surface area contributed by atoms with Gasteiger partial charge in [0.05, 0.1) is 13.2 Å². The molecule has 0 aliphatic heterocycles. The Hall–Kier alpha value is -1.10. The molecule has 0 aromatic heterocycles. The van der Waals surface area contributed by atoms with Gasteiger partial charge in [-0.05, 0) is 20.9 Å². The molecular formula is C8H16N2O3. The molecule has 0 saturated carbocycles. The Morgan fingerprint density at radius 2 is 1.77 bits per heavy atom. The highest BCUT2D eigenvalue weighted by atomic mass is 16.5. The van der Waals surface area contributed by atoms with Crippen molar-refractivity contribution in [2.45, 2.75) is 25.9 Å². The van der Waals surface area contributed by atoms with E-state index in [-0.39, 0.29) is 11.9 Å². The summed E-state index contributed by atoms with van der Waals surface area (Å²) < 4.78 is 4.45. The summed E-state index contributed by atoms with van der Waals surface area (Å²) in [6.45, 7) is 3.28. The van der Waals surface area contributed by atoms with Gasteiger partial charge in [-0.2, -0.15) is 0 Å². The molecule has 0 aromatic carbocycles. The van der Waals surface area contributed by atoms with Crippen LogP contribution in [-0.2, 0) is 14.3 Å². The number of ether oxygens (including phenoxy) is 1. The van der Waals surface area contributed by atoms with Gasteiger partial charge in [0.25, 0.3) is 0 Å². The molecule has 2 atom stereocenters. The van der Waals surface area contributed by atoms with Crippen molar-refractivity contribution < 1.29 is 14.3 Å². The molecule has 0 bridgehead atoms. The highest BCUT2D eigenvalue weighted by molar-refractivity contribution is 5.86. The molecule has 0 rings (SSSR count). The number of nitrogens with one attached hydrogen (secondary N) is 2. The molecule has 0 radical (unpaired) electrons. The summed E-state index contributed by atoms with van der Waals surface area (Å²) >= 11 is 0. The van der Waals surface area contributed by atoms with Crippen LogP contribution < -0.4 is 10.6 Å². The van der Waals surface area contributed by atoms with Crippen LogP contribution in [0.25, 0.3) is 0 Å². The van der Waals surface area contributed by atoms with E-state index < -0.39 is 12.0 Å². The maximum atomic E-state index is 11.2. The summed E-state index contributed by atoms with van der Waals surface area (Å²) in [5.41, 5.74) is 0. The molecule has 0 aliphatic carbocycles. The summed E-state index contributed by atoms with van der Waals surface area (Å²) in [4.78, 5) is 22.1. The zero-order chi connectivity index (χ0) is 10.4. The number of esters is 1. The lowest BCUT2D eigenvalue weighted by molar-refractivity contribution is -0.144. The van der Waals surface area contributed by atoms with E-state index in [4.69, 9.17) is 0 Å². The van der Waals surface area contributed by atoms with Gasteiger partial charge >= 0.3 is 5.97 Å². The average molecular weight is 188 g/mol. The lowest BCUT2D eigenvalue weighted by atomic mass is 10.2. The van der Waals surface area contributed by atoms with Gasteiger partial charge < -0.3 is 15.4 Å². The topological polar surface area (TPSA) is 67.4 Å². The van der Waals surface area contributed by atoms with Gasteiger partial charge in [0, 0.05) is 0 Å². The van der Waals surface area contributed by atoms with Crippen molar-refractivity contribution in [2.75, 3.05) is 14.2 Å². The number of likely N-dealkylation sites (N-methyl/N-ethyl adjacent to an activating group) is 1. The van der Waals surface area contributed by atoms with Crippen LogP contribution in [0.3, 0.4) is 0 Å². The summed E-state index contributed by atoms with van der Waals surface area (Å²) in [5, 5.41) is 5.27. The maximum Gasteiger partial charge on any atom is 0.328 e. The van der Waals surface area contributed by atoms with Crippen LogP contribution in [0.15, 0.2) is 0 Å². The van der Waals surface area contributed by atoms with Crippen LogP contribution in [-0.4, -0.2) is 38.1 Å². The predicted molar refractivity (Wildman–Crippen MR) is 48.1 cm³/mol. The third-order valence-electron chi connectivity index (χ3n) is 1.74. The first-order chi connectivity index (χ1) is 6.02. The Morgan fingerprint density at radius 1 is 1.23 bits per heavy atom. The van der Waals surface area contributed by atoms with Crippen LogP contribution >= 0.6 is 0 Å². The first-order valence-corrected chi connectivity index (χ1v) is 4.08. The number of carbonyl (C=O) groups excluding carboxylic acids is 2. The lowest BCUT2D eigenvalue weighted by Gasteiger charge is -2.14. The van der Waals surface area contributed by atoms with Crippen LogP contribution in [0.2, 0.25) is 0 Å². The summed E-state index contributed by atoms with van der Waals surface area (Å²) in [5.74, 6) is -0.669. The molecule has 0 aliphatic rings. The van der Waals surface area contributed by atoms with Gasteiger partial charge in [0.15, 0.2) is 0 Å². The molecule has 5 nitrogen and oxygen atoms in total. The number of hydrogen-bond donors (Lipinski definition) is 2. The predicted octanol–water partition coefficient (Wildman–Crippen LogP) is -0.728. The van der Waals surface area contributed by atoms with E-state index in [2.05, 4.69) is 15.4 Å². The normalized spacial score (nSPS) is 14.5. The van der Waals surface area contributed by atoms with Crippen LogP contribution in [0.5, 0.6) is 0 Å². The van der Waals surface area contributed by atoms with Crippen molar-refractivity contribution >= 4 is 11.9 Å². The first-order valence-electron chi connectivity index (χ1n) is 4.08. The van der Waals surface area contributed by atoms with Gasteiger partial charge in [-0.1, -0.05) is 0 Å². The van der Waals surface area contributed by atoms with Crippen molar-refractivity contribution in [3.63, 3.8) is 0 Å². The average Bonchev–Trinajstić information content (AvgIpc) is 2.14. The van der Waals surface area contributed by atoms with Crippen molar-refractivity contribution in [3.05, 3.63) is 0 Å². The minimum absolute atomic E-state index is 0.222. The fraction of sp³-hybridized carbons (Fsp3) is 0.750. The van der Waals surface area contributed by atoms with E-state index in [1.165, 1.54) is 7.11 Å².